The van der Waals surface area contributed by atoms with Crippen molar-refractivity contribution in [2.75, 3.05) is 0 Å². The Bertz CT molecular complexity index is 8.00. The van der Waals surface area contributed by atoms with Gasteiger partial charge < -0.3 is 5.48 Å². The van der Waals surface area contributed by atoms with E-state index >= 15 is 0 Å². The number of hydrogen-bond donors (Lipinski definition) is 0. The van der Waals surface area contributed by atoms with Crippen LogP contribution >= 0.6 is 0 Å². The maximum absolute atomic E-state index is 0. The molecule has 0 spiro atoms. The van der Waals surface area contributed by atoms with Crippen molar-refractivity contribution in [3.8, 4) is 0 Å². The van der Waals surface area contributed by atoms with E-state index in [1.165, 1.54) is 0 Å². The molecule has 0 N–H and O–H groups in total. The largest absolute Gasteiger partial charge is 2.00 e. The van der Waals surface area contributed by atoms with Gasteiger partial charge in [-0.15, -0.1) is 0 Å². The molecule has 5 radical (unpaired) electrons. The molecular formula is HgOTeZn+3. The fraction of sp³-hybridized carbons (Fsp3) is 0. The molecule has 0 heterocycles. The Labute approximate surface area is 75.2 Å². The van der Waals surface area contributed by atoms with E-state index < -0.39 is 0 Å². The van der Waals surface area contributed by atoms with Crippen LogP contribution in [0.4, 0.5) is 0 Å². The number of rotatable bonds is 0. The second kappa shape index (κ2) is 18.5. The molecule has 4 heteroatoms. The van der Waals surface area contributed by atoms with Crippen molar-refractivity contribution in [1.29, 1.82) is 0 Å². The van der Waals surface area contributed by atoms with Crippen molar-refractivity contribution in [3.63, 3.8) is 0 Å². The van der Waals surface area contributed by atoms with Crippen molar-refractivity contribution in [3.05, 3.63) is 0 Å². The fourth-order valence-electron chi connectivity index (χ4n) is 0. The molecule has 0 amide bonds. The molecule has 0 aromatic carbocycles. The van der Waals surface area contributed by atoms with E-state index in [0.29, 0.717) is 0 Å². The first kappa shape index (κ1) is 33.4. The molecule has 0 aromatic rings. The summed E-state index contributed by atoms with van der Waals surface area (Å²) < 4.78 is 0. The van der Waals surface area contributed by atoms with Crippen molar-refractivity contribution < 1.29 is 52.6 Å². The smallest absolute Gasteiger partial charge is 2.00 e. The molecule has 0 saturated heterocycles. The second-order valence-corrected chi connectivity index (χ2v) is 0. The first-order chi connectivity index (χ1) is 0. The van der Waals surface area contributed by atoms with Crippen LogP contribution < -0.4 is 0 Å². The van der Waals surface area contributed by atoms with E-state index in [2.05, 4.69) is 0 Å². The average Bonchev–Trinajstić information content (AvgIpc) is 0. The summed E-state index contributed by atoms with van der Waals surface area (Å²) in [6, 6.07) is 0. The molecule has 0 saturated carbocycles. The quantitative estimate of drug-likeness (QED) is 0.483. The Morgan fingerprint density at radius 2 is 1.00 bits per heavy atom. The Kier molecular flexibility index (Phi) is 154. The first-order valence-corrected chi connectivity index (χ1v) is 0. The van der Waals surface area contributed by atoms with E-state index in [1.807, 2.05) is 0 Å². The van der Waals surface area contributed by atoms with Crippen LogP contribution in [0.2, 0.25) is 0 Å². The summed E-state index contributed by atoms with van der Waals surface area (Å²) in [5, 5.41) is 0. The summed E-state index contributed by atoms with van der Waals surface area (Å²) in [7, 11) is 0. The SMILES string of the molecule is [Hg+].[O-2].[Te+2].[Zn+2]. The Morgan fingerprint density at radius 3 is 1.00 bits per heavy atom. The van der Waals surface area contributed by atoms with Crippen LogP contribution in [0.25, 0.3) is 0 Å². The van der Waals surface area contributed by atoms with Gasteiger partial charge in [0, 0.05) is 0 Å². The van der Waals surface area contributed by atoms with Crippen molar-refractivity contribution in [2.24, 2.45) is 0 Å². The van der Waals surface area contributed by atoms with Gasteiger partial charge in [-0.05, 0) is 0 Å². The average molecular weight is 410 g/mol. The van der Waals surface area contributed by atoms with Crippen molar-refractivity contribution >= 4 is 23.7 Å². The molecule has 4 heavy (non-hydrogen) atoms. The standard InChI is InChI=1S/Hg.O.Te.Zn/q+1;-2;2*+2. The van der Waals surface area contributed by atoms with Gasteiger partial charge in [-0.25, -0.2) is 0 Å². The van der Waals surface area contributed by atoms with Crippen molar-refractivity contribution in [1.82, 2.24) is 0 Å². The Morgan fingerprint density at radius 1 is 1.00 bits per heavy atom. The summed E-state index contributed by atoms with van der Waals surface area (Å²) in [5.41, 5.74) is 0. The van der Waals surface area contributed by atoms with Gasteiger partial charge >= 0.3 is 70.8 Å². The second-order valence-electron chi connectivity index (χ2n) is 0. The van der Waals surface area contributed by atoms with Gasteiger partial charge in [0.25, 0.3) is 0 Å². The Balaban J connectivity index is 0. The molecule has 0 unspecified atom stereocenters. The molecule has 0 bridgehead atoms. The summed E-state index contributed by atoms with van der Waals surface area (Å²) in [6.45, 7) is 0. The minimum absolute atomic E-state index is 0. The van der Waals surface area contributed by atoms with E-state index in [0.717, 1.165) is 0 Å². The molecule has 0 fully saturated rings. The first-order valence-electron chi connectivity index (χ1n) is 0. The Hall–Kier alpha value is 2.31. The minimum atomic E-state index is 0. The van der Waals surface area contributed by atoms with Crippen LogP contribution in [0, 0.1) is 0 Å². The van der Waals surface area contributed by atoms with Gasteiger partial charge in [0.15, 0.2) is 0 Å². The molecule has 13 valence electrons. The topological polar surface area (TPSA) is 28.5 Å². The molecule has 0 rings (SSSR count). The zero-order chi connectivity index (χ0) is 0. The van der Waals surface area contributed by atoms with Crippen LogP contribution in [0.3, 0.4) is 0 Å². The fourth-order valence-corrected chi connectivity index (χ4v) is 0. The molecule has 0 aliphatic heterocycles. The maximum atomic E-state index is 0. The van der Waals surface area contributed by atoms with E-state index in [1.54, 1.807) is 0 Å². The summed E-state index contributed by atoms with van der Waals surface area (Å²) >= 11 is 0. The third-order valence-corrected chi connectivity index (χ3v) is 0. The molecule has 0 aromatic heterocycles. The minimum Gasteiger partial charge on any atom is -2.00 e. The normalized spacial score (nSPS) is 0. The monoisotopic (exact) mass is 412 g/mol. The summed E-state index contributed by atoms with van der Waals surface area (Å²) in [6.07, 6.45) is 0. The van der Waals surface area contributed by atoms with Crippen LogP contribution in [-0.2, 0) is 52.6 Å². The summed E-state index contributed by atoms with van der Waals surface area (Å²) in [4.78, 5) is 0. The molecule has 1 nitrogen and oxygen atoms in total. The molecular weight excluding hydrogens is 410 g/mol. The van der Waals surface area contributed by atoms with Crippen LogP contribution in [-0.4, -0.2) is 23.7 Å². The van der Waals surface area contributed by atoms with Gasteiger partial charge in [-0.1, -0.05) is 0 Å². The van der Waals surface area contributed by atoms with E-state index in [-0.39, 0.29) is 76.3 Å². The van der Waals surface area contributed by atoms with Gasteiger partial charge in [0.2, 0.25) is 0 Å². The van der Waals surface area contributed by atoms with Crippen LogP contribution in [0.1, 0.15) is 0 Å². The van der Waals surface area contributed by atoms with Gasteiger partial charge in [0.05, 0.1) is 0 Å². The maximum Gasteiger partial charge on any atom is 2.00 e. The van der Waals surface area contributed by atoms with Crippen molar-refractivity contribution in [2.45, 2.75) is 0 Å². The molecule has 0 aliphatic carbocycles. The third kappa shape index (κ3) is 8.85. The summed E-state index contributed by atoms with van der Waals surface area (Å²) in [5.74, 6) is 0. The van der Waals surface area contributed by atoms with Crippen LogP contribution in [0.5, 0.6) is 0 Å². The van der Waals surface area contributed by atoms with Gasteiger partial charge in [-0.2, -0.15) is 0 Å². The molecule has 0 atom stereocenters. The van der Waals surface area contributed by atoms with Gasteiger partial charge in [0.1, 0.15) is 0 Å². The third-order valence-electron chi connectivity index (χ3n) is 0. The molecule has 0 aliphatic rings. The zero-order valence-electron chi connectivity index (χ0n) is 2.23. The predicted molar refractivity (Wildman–Crippen MR) is 6.44 cm³/mol. The van der Waals surface area contributed by atoms with Crippen LogP contribution in [0.15, 0.2) is 0 Å². The van der Waals surface area contributed by atoms with E-state index in [9.17, 15) is 0 Å². The predicted octanol–water partition coefficient (Wildman–Crippen LogP) is -0.505. The van der Waals surface area contributed by atoms with Gasteiger partial charge in [-0.3, -0.25) is 0 Å². The number of hydrogen-bond acceptors (Lipinski definition) is 0. The zero-order valence-corrected chi connectivity index (χ0v) is 13.0. The van der Waals surface area contributed by atoms with E-state index in [4.69, 9.17) is 0 Å².